The van der Waals surface area contributed by atoms with Gasteiger partial charge in [0, 0.05) is 17.7 Å². The number of rotatable bonds is 6. The normalized spacial score (nSPS) is 10.2. The third kappa shape index (κ3) is 4.29. The molecular weight excluding hydrogens is 296 g/mol. The Balaban J connectivity index is 2.03. The Morgan fingerprint density at radius 3 is 2.30 bits per heavy atom. The Morgan fingerprint density at radius 2 is 1.70 bits per heavy atom. The zero-order chi connectivity index (χ0) is 16.8. The number of ketones is 1. The van der Waals surface area contributed by atoms with E-state index >= 15 is 0 Å². The van der Waals surface area contributed by atoms with E-state index in [2.05, 4.69) is 10.6 Å². The number of carbonyl (C=O) groups excluding carboxylic acids is 3. The lowest BCUT2D eigenvalue weighted by atomic mass is 10.1. The van der Waals surface area contributed by atoms with Crippen LogP contribution in [-0.2, 0) is 4.79 Å². The van der Waals surface area contributed by atoms with Crippen LogP contribution in [0.25, 0.3) is 11.3 Å². The summed E-state index contributed by atoms with van der Waals surface area (Å²) in [5.74, 6) is -0.0834. The Morgan fingerprint density at radius 1 is 1.00 bits per heavy atom. The quantitative estimate of drug-likeness (QED) is 0.798. The number of nitrogens with one attached hydrogen (secondary N) is 2. The molecule has 0 saturated heterocycles. The molecule has 1 aromatic carbocycles. The SMILES string of the molecule is CCNC(=O)CNC(=O)c1ccc(-c2ccc(C(C)=O)cc2)o1. The second kappa shape index (κ2) is 7.40. The average Bonchev–Trinajstić information content (AvgIpc) is 3.03. The van der Waals surface area contributed by atoms with Crippen LogP contribution in [0.2, 0.25) is 0 Å². The van der Waals surface area contributed by atoms with Gasteiger partial charge in [0.2, 0.25) is 5.91 Å². The van der Waals surface area contributed by atoms with Crippen molar-refractivity contribution in [2.75, 3.05) is 13.1 Å². The van der Waals surface area contributed by atoms with Crippen LogP contribution in [0.4, 0.5) is 0 Å². The first-order valence-electron chi connectivity index (χ1n) is 7.27. The van der Waals surface area contributed by atoms with Gasteiger partial charge >= 0.3 is 0 Å². The summed E-state index contributed by atoms with van der Waals surface area (Å²) in [5, 5.41) is 5.07. The Labute approximate surface area is 133 Å². The van der Waals surface area contributed by atoms with Crippen LogP contribution in [0.1, 0.15) is 34.8 Å². The molecule has 2 aromatic rings. The number of benzene rings is 1. The van der Waals surface area contributed by atoms with Gasteiger partial charge in [-0.15, -0.1) is 0 Å². The summed E-state index contributed by atoms with van der Waals surface area (Å²) < 4.78 is 5.50. The van der Waals surface area contributed by atoms with Gasteiger partial charge in [0.05, 0.1) is 6.54 Å². The van der Waals surface area contributed by atoms with E-state index in [0.717, 1.165) is 5.56 Å². The fourth-order valence-corrected chi connectivity index (χ4v) is 1.99. The van der Waals surface area contributed by atoms with E-state index in [1.165, 1.54) is 6.92 Å². The van der Waals surface area contributed by atoms with Gasteiger partial charge in [-0.2, -0.15) is 0 Å². The fourth-order valence-electron chi connectivity index (χ4n) is 1.99. The minimum Gasteiger partial charge on any atom is -0.451 e. The molecule has 120 valence electrons. The van der Waals surface area contributed by atoms with Crippen molar-refractivity contribution in [3.8, 4) is 11.3 Å². The van der Waals surface area contributed by atoms with Crippen LogP contribution in [0, 0.1) is 0 Å². The van der Waals surface area contributed by atoms with Gasteiger partial charge in [-0.1, -0.05) is 24.3 Å². The summed E-state index contributed by atoms with van der Waals surface area (Å²) in [7, 11) is 0. The first-order valence-corrected chi connectivity index (χ1v) is 7.27. The number of Topliss-reactive ketones (excluding diaryl/α,β-unsaturated/α-hetero) is 1. The third-order valence-corrected chi connectivity index (χ3v) is 3.19. The van der Waals surface area contributed by atoms with Crippen molar-refractivity contribution >= 4 is 17.6 Å². The molecule has 0 saturated carbocycles. The molecule has 2 rings (SSSR count). The van der Waals surface area contributed by atoms with Crippen molar-refractivity contribution in [1.29, 1.82) is 0 Å². The maximum Gasteiger partial charge on any atom is 0.287 e. The van der Waals surface area contributed by atoms with Gasteiger partial charge in [-0.25, -0.2) is 0 Å². The van der Waals surface area contributed by atoms with Crippen molar-refractivity contribution in [3.63, 3.8) is 0 Å². The predicted molar refractivity (Wildman–Crippen MR) is 85.2 cm³/mol. The minimum absolute atomic E-state index is 0.0126. The summed E-state index contributed by atoms with van der Waals surface area (Å²) in [6.45, 7) is 3.71. The largest absolute Gasteiger partial charge is 0.451 e. The van der Waals surface area contributed by atoms with Crippen molar-refractivity contribution in [3.05, 3.63) is 47.7 Å². The zero-order valence-corrected chi connectivity index (χ0v) is 13.0. The number of furan rings is 1. The summed E-state index contributed by atoms with van der Waals surface area (Å²) in [6.07, 6.45) is 0. The molecule has 23 heavy (non-hydrogen) atoms. The highest BCUT2D eigenvalue weighted by Crippen LogP contribution is 2.22. The third-order valence-electron chi connectivity index (χ3n) is 3.19. The molecule has 0 spiro atoms. The molecule has 0 bridgehead atoms. The molecule has 6 nitrogen and oxygen atoms in total. The lowest BCUT2D eigenvalue weighted by Gasteiger charge is -2.03. The van der Waals surface area contributed by atoms with E-state index in [9.17, 15) is 14.4 Å². The van der Waals surface area contributed by atoms with Crippen molar-refractivity contribution in [2.24, 2.45) is 0 Å². The summed E-state index contributed by atoms with van der Waals surface area (Å²) in [4.78, 5) is 34.5. The molecular formula is C17H18N2O4. The molecule has 0 atom stereocenters. The molecule has 1 aromatic heterocycles. The highest BCUT2D eigenvalue weighted by atomic mass is 16.3. The molecule has 0 unspecified atom stereocenters. The second-order valence-electron chi connectivity index (χ2n) is 4.93. The van der Waals surface area contributed by atoms with E-state index in [1.807, 2.05) is 0 Å². The highest BCUT2D eigenvalue weighted by molar-refractivity contribution is 5.95. The van der Waals surface area contributed by atoms with Gasteiger partial charge in [0.1, 0.15) is 5.76 Å². The minimum atomic E-state index is -0.456. The smallest absolute Gasteiger partial charge is 0.287 e. The Kier molecular flexibility index (Phi) is 5.30. The number of hydrogen-bond acceptors (Lipinski definition) is 4. The molecule has 0 fully saturated rings. The van der Waals surface area contributed by atoms with Crippen LogP contribution in [0.5, 0.6) is 0 Å². The Bertz CT molecular complexity index is 716. The second-order valence-corrected chi connectivity index (χ2v) is 4.93. The molecule has 2 amide bonds. The van der Waals surface area contributed by atoms with Crippen molar-refractivity contribution in [1.82, 2.24) is 10.6 Å². The molecule has 6 heteroatoms. The van der Waals surface area contributed by atoms with Crippen LogP contribution < -0.4 is 10.6 Å². The molecule has 0 radical (unpaired) electrons. The molecule has 1 heterocycles. The van der Waals surface area contributed by atoms with Crippen LogP contribution in [0.3, 0.4) is 0 Å². The van der Waals surface area contributed by atoms with Gasteiger partial charge in [-0.05, 0) is 26.0 Å². The highest BCUT2D eigenvalue weighted by Gasteiger charge is 2.13. The predicted octanol–water partition coefficient (Wildman–Crippen LogP) is 2.02. The lowest BCUT2D eigenvalue weighted by molar-refractivity contribution is -0.120. The van der Waals surface area contributed by atoms with E-state index < -0.39 is 5.91 Å². The fraction of sp³-hybridized carbons (Fsp3) is 0.235. The first-order chi connectivity index (χ1) is 11.0. The molecule has 0 aliphatic heterocycles. The van der Waals surface area contributed by atoms with Crippen LogP contribution >= 0.6 is 0 Å². The van der Waals surface area contributed by atoms with E-state index in [4.69, 9.17) is 4.42 Å². The van der Waals surface area contributed by atoms with Crippen molar-refractivity contribution < 1.29 is 18.8 Å². The lowest BCUT2D eigenvalue weighted by Crippen LogP contribution is -2.36. The molecule has 0 aliphatic carbocycles. The van der Waals surface area contributed by atoms with Gasteiger partial charge in [0.15, 0.2) is 11.5 Å². The number of amides is 2. The summed E-state index contributed by atoms with van der Waals surface area (Å²) in [5.41, 5.74) is 1.37. The van der Waals surface area contributed by atoms with Gasteiger partial charge in [-0.3, -0.25) is 14.4 Å². The standard InChI is InChI=1S/C17H18N2O4/c1-3-18-16(21)10-19-17(22)15-9-8-14(23-15)13-6-4-12(5-7-13)11(2)20/h4-9H,3,10H2,1-2H3,(H,18,21)(H,19,22). The van der Waals surface area contributed by atoms with E-state index in [-0.39, 0.29) is 24.0 Å². The summed E-state index contributed by atoms with van der Waals surface area (Å²) in [6, 6.07) is 10.1. The number of likely N-dealkylation sites (N-methyl/N-ethyl adjacent to an activating group) is 1. The molecule has 0 aliphatic rings. The first kappa shape index (κ1) is 16.5. The maximum atomic E-state index is 11.9. The van der Waals surface area contributed by atoms with Gasteiger partial charge in [0.25, 0.3) is 5.91 Å². The van der Waals surface area contributed by atoms with Crippen LogP contribution in [-0.4, -0.2) is 30.7 Å². The monoisotopic (exact) mass is 314 g/mol. The van der Waals surface area contributed by atoms with Crippen molar-refractivity contribution in [2.45, 2.75) is 13.8 Å². The Hall–Kier alpha value is -2.89. The average molecular weight is 314 g/mol. The van der Waals surface area contributed by atoms with E-state index in [0.29, 0.717) is 17.9 Å². The molecule has 2 N–H and O–H groups in total. The zero-order valence-electron chi connectivity index (χ0n) is 13.0. The van der Waals surface area contributed by atoms with E-state index in [1.54, 1.807) is 43.3 Å². The number of carbonyl (C=O) groups is 3. The van der Waals surface area contributed by atoms with Crippen LogP contribution in [0.15, 0.2) is 40.8 Å². The number of hydrogen-bond donors (Lipinski definition) is 2. The summed E-state index contributed by atoms with van der Waals surface area (Å²) >= 11 is 0. The maximum absolute atomic E-state index is 11.9. The topological polar surface area (TPSA) is 88.4 Å². The van der Waals surface area contributed by atoms with Gasteiger partial charge < -0.3 is 15.1 Å².